The van der Waals surface area contributed by atoms with E-state index in [9.17, 15) is 4.21 Å². The normalized spacial score (nSPS) is 12.2. The summed E-state index contributed by atoms with van der Waals surface area (Å²) >= 11 is 18.1. The van der Waals surface area contributed by atoms with E-state index in [1.54, 1.807) is 38.1 Å². The first-order valence-corrected chi connectivity index (χ1v) is 8.94. The van der Waals surface area contributed by atoms with E-state index in [1.165, 1.54) is 0 Å². The van der Waals surface area contributed by atoms with Gasteiger partial charge in [0, 0.05) is 9.92 Å². The van der Waals surface area contributed by atoms with Crippen LogP contribution in [-0.2, 0) is 10.8 Å². The Labute approximate surface area is 147 Å². The van der Waals surface area contributed by atoms with E-state index in [1.807, 2.05) is 0 Å². The van der Waals surface area contributed by atoms with Crippen LogP contribution in [0.5, 0.6) is 5.75 Å². The number of halogens is 3. The Morgan fingerprint density at radius 1 is 1.05 bits per heavy atom. The summed E-state index contributed by atoms with van der Waals surface area (Å²) in [6.45, 7) is 3.80. The van der Waals surface area contributed by atoms with Crippen molar-refractivity contribution in [3.05, 3.63) is 50.7 Å². The topological polar surface area (TPSA) is 39.2 Å². The maximum atomic E-state index is 12.2. The third kappa shape index (κ3) is 4.13. The zero-order chi connectivity index (χ0) is 16.3. The smallest absolute Gasteiger partial charge is 0.160 e. The summed E-state index contributed by atoms with van der Waals surface area (Å²) in [7, 11) is -1.17. The molecule has 0 spiro atoms. The summed E-state index contributed by atoms with van der Waals surface area (Å²) in [4.78, 5) is 4.92. The molecular formula is C15H14Cl3NO2S. The fraction of sp³-hybridized carbons (Fsp3) is 0.267. The van der Waals surface area contributed by atoms with Crippen molar-refractivity contribution in [1.82, 2.24) is 4.98 Å². The number of benzene rings is 1. The van der Waals surface area contributed by atoms with Crippen molar-refractivity contribution >= 4 is 45.6 Å². The van der Waals surface area contributed by atoms with E-state index in [0.717, 1.165) is 0 Å². The van der Waals surface area contributed by atoms with Gasteiger partial charge in [-0.05, 0) is 38.1 Å². The van der Waals surface area contributed by atoms with Crippen LogP contribution >= 0.6 is 34.8 Å². The highest BCUT2D eigenvalue weighted by atomic mass is 35.5. The number of aryl methyl sites for hydroxylation is 2. The van der Waals surface area contributed by atoms with Gasteiger partial charge in [-0.3, -0.25) is 9.19 Å². The minimum Gasteiger partial charge on any atom is -0.489 e. The van der Waals surface area contributed by atoms with Crippen molar-refractivity contribution < 1.29 is 8.95 Å². The molecule has 22 heavy (non-hydrogen) atoms. The average Bonchev–Trinajstić information content (AvgIpc) is 2.49. The standard InChI is InChI=1S/C15H14Cl3NO2S/c1-9-13(17)15(14(18)10(2)19-9)21-7-8-22(20)12-5-3-11(16)4-6-12/h3-6H,7-8H2,1-2H3. The van der Waals surface area contributed by atoms with E-state index in [2.05, 4.69) is 4.98 Å². The Balaban J connectivity index is 2.02. The third-order valence-electron chi connectivity index (χ3n) is 2.96. The largest absolute Gasteiger partial charge is 0.489 e. The van der Waals surface area contributed by atoms with Gasteiger partial charge < -0.3 is 4.74 Å². The van der Waals surface area contributed by atoms with Crippen LogP contribution in [0.3, 0.4) is 0 Å². The molecule has 118 valence electrons. The predicted molar refractivity (Wildman–Crippen MR) is 92.0 cm³/mol. The van der Waals surface area contributed by atoms with Crippen LogP contribution in [0.15, 0.2) is 29.2 Å². The molecule has 7 heteroatoms. The number of hydrogen-bond acceptors (Lipinski definition) is 3. The van der Waals surface area contributed by atoms with E-state index in [4.69, 9.17) is 39.5 Å². The highest BCUT2D eigenvalue weighted by molar-refractivity contribution is 7.85. The highest BCUT2D eigenvalue weighted by Gasteiger charge is 2.15. The molecule has 2 rings (SSSR count). The van der Waals surface area contributed by atoms with Crippen molar-refractivity contribution in [1.29, 1.82) is 0 Å². The number of ether oxygens (including phenoxy) is 1. The third-order valence-corrected chi connectivity index (χ3v) is 5.44. The van der Waals surface area contributed by atoms with Gasteiger partial charge in [-0.25, -0.2) is 0 Å². The molecule has 0 bridgehead atoms. The quantitative estimate of drug-likeness (QED) is 0.747. The van der Waals surface area contributed by atoms with Crippen molar-refractivity contribution in [3.63, 3.8) is 0 Å². The molecular weight excluding hydrogens is 365 g/mol. The lowest BCUT2D eigenvalue weighted by Gasteiger charge is -2.12. The fourth-order valence-electron chi connectivity index (χ4n) is 1.83. The van der Waals surface area contributed by atoms with Crippen LogP contribution in [0.1, 0.15) is 11.4 Å². The first-order valence-electron chi connectivity index (χ1n) is 6.49. The molecule has 0 amide bonds. The molecule has 0 N–H and O–H groups in total. The van der Waals surface area contributed by atoms with Crippen LogP contribution in [0.25, 0.3) is 0 Å². The van der Waals surface area contributed by atoms with E-state index >= 15 is 0 Å². The zero-order valence-electron chi connectivity index (χ0n) is 12.0. The molecule has 1 aromatic carbocycles. The summed E-state index contributed by atoms with van der Waals surface area (Å²) in [6, 6.07) is 6.89. The molecule has 0 saturated heterocycles. The number of rotatable bonds is 5. The van der Waals surface area contributed by atoms with Gasteiger partial charge in [0.15, 0.2) is 5.75 Å². The maximum Gasteiger partial charge on any atom is 0.160 e. The Morgan fingerprint density at radius 3 is 2.14 bits per heavy atom. The highest BCUT2D eigenvalue weighted by Crippen LogP contribution is 2.36. The zero-order valence-corrected chi connectivity index (χ0v) is 15.1. The Morgan fingerprint density at radius 2 is 1.59 bits per heavy atom. The van der Waals surface area contributed by atoms with Gasteiger partial charge in [0.25, 0.3) is 0 Å². The van der Waals surface area contributed by atoms with Crippen LogP contribution in [0.4, 0.5) is 0 Å². The van der Waals surface area contributed by atoms with Gasteiger partial charge in [-0.2, -0.15) is 0 Å². The molecule has 3 nitrogen and oxygen atoms in total. The first kappa shape index (κ1) is 17.5. The van der Waals surface area contributed by atoms with Crippen molar-refractivity contribution in [2.45, 2.75) is 18.7 Å². The van der Waals surface area contributed by atoms with Crippen molar-refractivity contribution in [2.75, 3.05) is 12.4 Å². The SMILES string of the molecule is Cc1nc(C)c(Cl)c(OCCS(=O)c2ccc(Cl)cc2)c1Cl. The Kier molecular flexibility index (Phi) is 6.09. The second-order valence-corrected chi connectivity index (χ2v) is 7.35. The predicted octanol–water partition coefficient (Wildman–Crippen LogP) is 4.85. The molecule has 0 aliphatic carbocycles. The Bertz CT molecular complexity index is 679. The van der Waals surface area contributed by atoms with Gasteiger partial charge in [0.2, 0.25) is 0 Å². The van der Waals surface area contributed by atoms with Gasteiger partial charge in [0.1, 0.15) is 16.7 Å². The Hall–Kier alpha value is -0.810. The summed E-state index contributed by atoms with van der Waals surface area (Å²) < 4.78 is 17.8. The second kappa shape index (κ2) is 7.64. The molecule has 0 saturated carbocycles. The molecule has 1 atom stereocenters. The van der Waals surface area contributed by atoms with E-state index < -0.39 is 10.8 Å². The van der Waals surface area contributed by atoms with Gasteiger partial charge in [-0.1, -0.05) is 34.8 Å². The molecule has 0 fully saturated rings. The average molecular weight is 379 g/mol. The van der Waals surface area contributed by atoms with E-state index in [-0.39, 0.29) is 6.61 Å². The summed E-state index contributed by atoms with van der Waals surface area (Å²) in [6.07, 6.45) is 0. The summed E-state index contributed by atoms with van der Waals surface area (Å²) in [5.74, 6) is 0.718. The van der Waals surface area contributed by atoms with Crippen molar-refractivity contribution in [2.24, 2.45) is 0 Å². The summed E-state index contributed by atoms with van der Waals surface area (Å²) in [5, 5.41) is 1.37. The van der Waals surface area contributed by atoms with E-state index in [0.29, 0.717) is 42.9 Å². The molecule has 1 aromatic heterocycles. The molecule has 0 radical (unpaired) electrons. The molecule has 0 aliphatic heterocycles. The minimum atomic E-state index is -1.17. The maximum absolute atomic E-state index is 12.2. The minimum absolute atomic E-state index is 0.234. The van der Waals surface area contributed by atoms with Crippen LogP contribution in [0, 0.1) is 13.8 Å². The first-order chi connectivity index (χ1) is 10.4. The number of aromatic nitrogens is 1. The molecule has 1 unspecified atom stereocenters. The van der Waals surface area contributed by atoms with Gasteiger partial charge >= 0.3 is 0 Å². The summed E-state index contributed by atoms with van der Waals surface area (Å²) in [5.41, 5.74) is 1.30. The molecule has 0 aliphatic rings. The monoisotopic (exact) mass is 377 g/mol. The number of hydrogen-bond donors (Lipinski definition) is 0. The molecule has 2 aromatic rings. The van der Waals surface area contributed by atoms with Gasteiger partial charge in [-0.15, -0.1) is 0 Å². The van der Waals surface area contributed by atoms with Crippen LogP contribution in [-0.4, -0.2) is 21.6 Å². The van der Waals surface area contributed by atoms with Crippen molar-refractivity contribution in [3.8, 4) is 5.75 Å². The number of nitrogens with zero attached hydrogens (tertiary/aromatic N) is 1. The second-order valence-electron chi connectivity index (χ2n) is 4.59. The fourth-order valence-corrected chi connectivity index (χ4v) is 3.29. The van der Waals surface area contributed by atoms with Gasteiger partial charge in [0.05, 0.1) is 27.9 Å². The lowest BCUT2D eigenvalue weighted by atomic mass is 10.3. The lowest BCUT2D eigenvalue weighted by Crippen LogP contribution is -2.10. The lowest BCUT2D eigenvalue weighted by molar-refractivity contribution is 0.342. The number of pyridine rings is 1. The van der Waals surface area contributed by atoms with Crippen LogP contribution < -0.4 is 4.74 Å². The molecule has 1 heterocycles. The van der Waals surface area contributed by atoms with Crippen LogP contribution in [0.2, 0.25) is 15.1 Å².